The van der Waals surface area contributed by atoms with Crippen LogP contribution in [0.1, 0.15) is 25.2 Å². The number of aryl methyl sites for hydroxylation is 1. The fraction of sp³-hybridized carbons (Fsp3) is 0.318. The van der Waals surface area contributed by atoms with Crippen molar-refractivity contribution < 1.29 is 4.74 Å². The van der Waals surface area contributed by atoms with E-state index >= 15 is 0 Å². The van der Waals surface area contributed by atoms with Crippen LogP contribution in [0.3, 0.4) is 0 Å². The van der Waals surface area contributed by atoms with Crippen LogP contribution in [0.2, 0.25) is 0 Å². The summed E-state index contributed by atoms with van der Waals surface area (Å²) in [5.74, 6) is 3.40. The van der Waals surface area contributed by atoms with Crippen LogP contribution < -0.4 is 15.4 Å². The molecule has 0 unspecified atom stereocenters. The van der Waals surface area contributed by atoms with E-state index < -0.39 is 0 Å². The molecule has 152 valence electrons. The minimum Gasteiger partial charge on any atom is -0.457 e. The lowest BCUT2D eigenvalue weighted by Gasteiger charge is -2.12. The Morgan fingerprint density at radius 1 is 1.03 bits per heavy atom. The van der Waals surface area contributed by atoms with Gasteiger partial charge in [0.25, 0.3) is 0 Å². The molecule has 2 N–H and O–H groups in total. The van der Waals surface area contributed by atoms with Crippen LogP contribution in [0.25, 0.3) is 0 Å². The van der Waals surface area contributed by atoms with Crippen molar-refractivity contribution in [2.45, 2.75) is 33.4 Å². The van der Waals surface area contributed by atoms with Gasteiger partial charge in [0.2, 0.25) is 0 Å². The number of ether oxygens (including phenoxy) is 1. The quantitative estimate of drug-likeness (QED) is 0.431. The van der Waals surface area contributed by atoms with E-state index in [0.717, 1.165) is 54.9 Å². The van der Waals surface area contributed by atoms with Gasteiger partial charge in [0.1, 0.15) is 23.7 Å². The highest BCUT2D eigenvalue weighted by Gasteiger charge is 2.03. The summed E-state index contributed by atoms with van der Waals surface area (Å²) in [5, 5.41) is 14.7. The van der Waals surface area contributed by atoms with Gasteiger partial charge in [-0.05, 0) is 36.8 Å². The van der Waals surface area contributed by atoms with Crippen molar-refractivity contribution in [3.05, 3.63) is 72.3 Å². The molecule has 1 heterocycles. The van der Waals surface area contributed by atoms with Crippen LogP contribution >= 0.6 is 0 Å². The molecule has 0 atom stereocenters. The fourth-order valence-corrected chi connectivity index (χ4v) is 2.88. The molecule has 2 aromatic carbocycles. The zero-order valence-corrected chi connectivity index (χ0v) is 17.0. The highest BCUT2D eigenvalue weighted by molar-refractivity contribution is 5.79. The first kappa shape index (κ1) is 20.4. The third-order valence-electron chi connectivity index (χ3n) is 4.30. The average molecular weight is 393 g/mol. The van der Waals surface area contributed by atoms with E-state index in [0.29, 0.717) is 6.54 Å². The van der Waals surface area contributed by atoms with Crippen LogP contribution in [0.5, 0.6) is 11.5 Å². The van der Waals surface area contributed by atoms with Gasteiger partial charge in [-0.3, -0.25) is 0 Å². The molecule has 0 amide bonds. The molecule has 0 aliphatic rings. The fourth-order valence-electron chi connectivity index (χ4n) is 2.88. The van der Waals surface area contributed by atoms with Crippen LogP contribution in [-0.4, -0.2) is 33.8 Å². The first-order valence-electron chi connectivity index (χ1n) is 9.99. The second kappa shape index (κ2) is 10.8. The van der Waals surface area contributed by atoms with Crippen LogP contribution in [0, 0.1) is 0 Å². The first-order chi connectivity index (χ1) is 14.3. The zero-order chi connectivity index (χ0) is 20.3. The van der Waals surface area contributed by atoms with E-state index in [2.05, 4.69) is 45.3 Å². The molecule has 0 radical (unpaired) electrons. The Morgan fingerprint density at radius 3 is 2.66 bits per heavy atom. The van der Waals surface area contributed by atoms with E-state index in [1.807, 2.05) is 48.5 Å². The lowest BCUT2D eigenvalue weighted by atomic mass is 10.2. The molecule has 7 nitrogen and oxygen atoms in total. The van der Waals surface area contributed by atoms with Gasteiger partial charge in [-0.25, -0.2) is 4.99 Å². The average Bonchev–Trinajstić information content (AvgIpc) is 3.20. The predicted molar refractivity (Wildman–Crippen MR) is 115 cm³/mol. The molecular formula is C22H28N6O. The lowest BCUT2D eigenvalue weighted by molar-refractivity contribution is 0.482. The second-order valence-electron chi connectivity index (χ2n) is 6.48. The number of para-hydroxylation sites is 1. The number of rotatable bonds is 9. The molecule has 0 aliphatic carbocycles. The van der Waals surface area contributed by atoms with E-state index in [4.69, 9.17) is 9.73 Å². The first-order valence-corrected chi connectivity index (χ1v) is 9.99. The highest BCUT2D eigenvalue weighted by atomic mass is 16.5. The van der Waals surface area contributed by atoms with Gasteiger partial charge >= 0.3 is 0 Å². The Morgan fingerprint density at radius 2 is 1.86 bits per heavy atom. The van der Waals surface area contributed by atoms with E-state index in [9.17, 15) is 0 Å². The standard InChI is InChI=1S/C22H28N6O/c1-3-21-27-26-17-28(21)14-13-24-22(23-4-2)25-16-18-9-8-12-20(15-18)29-19-10-6-5-7-11-19/h5-12,15,17H,3-4,13-14,16H2,1-2H3,(H2,23,24,25). The number of guanidine groups is 1. The van der Waals surface area contributed by atoms with Gasteiger partial charge in [-0.1, -0.05) is 37.3 Å². The molecule has 29 heavy (non-hydrogen) atoms. The Hall–Kier alpha value is -3.35. The summed E-state index contributed by atoms with van der Waals surface area (Å²) in [4.78, 5) is 4.69. The summed E-state index contributed by atoms with van der Waals surface area (Å²) in [6.07, 6.45) is 2.64. The lowest BCUT2D eigenvalue weighted by Crippen LogP contribution is -2.38. The summed E-state index contributed by atoms with van der Waals surface area (Å²) in [5.41, 5.74) is 1.09. The van der Waals surface area contributed by atoms with Crippen LogP contribution in [0.15, 0.2) is 65.9 Å². The second-order valence-corrected chi connectivity index (χ2v) is 6.48. The van der Waals surface area contributed by atoms with Gasteiger partial charge < -0.3 is 19.9 Å². The molecule has 0 saturated heterocycles. The SMILES string of the molecule is CCNC(=NCc1cccc(Oc2ccccc2)c1)NCCn1cnnc1CC. The largest absolute Gasteiger partial charge is 0.457 e. The Balaban J connectivity index is 1.57. The number of hydrogen-bond acceptors (Lipinski definition) is 4. The summed E-state index contributed by atoms with van der Waals surface area (Å²) >= 11 is 0. The number of aliphatic imine (C=N–C) groups is 1. The van der Waals surface area contributed by atoms with Crippen LogP contribution in [-0.2, 0) is 19.5 Å². The molecule has 1 aromatic heterocycles. The Labute approximate surface area is 171 Å². The van der Waals surface area contributed by atoms with Crippen molar-refractivity contribution in [3.8, 4) is 11.5 Å². The van der Waals surface area contributed by atoms with Crippen LogP contribution in [0.4, 0.5) is 0 Å². The summed E-state index contributed by atoms with van der Waals surface area (Å²) in [6, 6.07) is 17.8. The molecule has 0 saturated carbocycles. The number of aromatic nitrogens is 3. The van der Waals surface area contributed by atoms with E-state index in [-0.39, 0.29) is 0 Å². The maximum atomic E-state index is 5.91. The molecule has 0 spiro atoms. The molecular weight excluding hydrogens is 364 g/mol. The smallest absolute Gasteiger partial charge is 0.191 e. The van der Waals surface area contributed by atoms with Crippen molar-refractivity contribution >= 4 is 5.96 Å². The van der Waals surface area contributed by atoms with Crippen molar-refractivity contribution in [2.75, 3.05) is 13.1 Å². The molecule has 0 fully saturated rings. The minimum absolute atomic E-state index is 0.564. The topological polar surface area (TPSA) is 76.4 Å². The third-order valence-corrected chi connectivity index (χ3v) is 4.30. The monoisotopic (exact) mass is 392 g/mol. The molecule has 7 heteroatoms. The van der Waals surface area contributed by atoms with Gasteiger partial charge in [0, 0.05) is 26.1 Å². The summed E-state index contributed by atoms with van der Waals surface area (Å²) < 4.78 is 7.96. The normalized spacial score (nSPS) is 11.3. The van der Waals surface area contributed by atoms with Gasteiger partial charge in [0.05, 0.1) is 6.54 Å². The number of nitrogens with zero attached hydrogens (tertiary/aromatic N) is 4. The van der Waals surface area contributed by atoms with Crippen molar-refractivity contribution in [2.24, 2.45) is 4.99 Å². The summed E-state index contributed by atoms with van der Waals surface area (Å²) in [7, 11) is 0. The molecule has 0 aliphatic heterocycles. The van der Waals surface area contributed by atoms with Crippen molar-refractivity contribution in [3.63, 3.8) is 0 Å². The molecule has 0 bridgehead atoms. The zero-order valence-electron chi connectivity index (χ0n) is 17.0. The Bertz CT molecular complexity index is 906. The maximum Gasteiger partial charge on any atom is 0.191 e. The summed E-state index contributed by atoms with van der Waals surface area (Å²) in [6.45, 7) is 7.04. The van der Waals surface area contributed by atoms with Crippen molar-refractivity contribution in [1.29, 1.82) is 0 Å². The minimum atomic E-state index is 0.564. The molecule has 3 rings (SSSR count). The third kappa shape index (κ3) is 6.34. The number of nitrogens with one attached hydrogen (secondary N) is 2. The van der Waals surface area contributed by atoms with Gasteiger partial charge in [-0.2, -0.15) is 0 Å². The van der Waals surface area contributed by atoms with Crippen molar-refractivity contribution in [1.82, 2.24) is 25.4 Å². The number of benzene rings is 2. The maximum absolute atomic E-state index is 5.91. The number of hydrogen-bond donors (Lipinski definition) is 2. The van der Waals surface area contributed by atoms with E-state index in [1.165, 1.54) is 0 Å². The van der Waals surface area contributed by atoms with Gasteiger partial charge in [0.15, 0.2) is 5.96 Å². The van der Waals surface area contributed by atoms with E-state index in [1.54, 1.807) is 6.33 Å². The highest BCUT2D eigenvalue weighted by Crippen LogP contribution is 2.22. The van der Waals surface area contributed by atoms with Gasteiger partial charge in [-0.15, -0.1) is 10.2 Å². The predicted octanol–water partition coefficient (Wildman–Crippen LogP) is 3.39. The molecule has 3 aromatic rings. The Kier molecular flexibility index (Phi) is 7.63.